The fourth-order valence-corrected chi connectivity index (χ4v) is 0.710. The topological polar surface area (TPSA) is 113 Å². The Morgan fingerprint density at radius 1 is 1.58 bits per heavy atom. The molecule has 0 radical (unpaired) electrons. The number of nitrogens with one attached hydrogen (secondary N) is 1. The van der Waals surface area contributed by atoms with Crippen LogP contribution >= 0.6 is 0 Å². The summed E-state index contributed by atoms with van der Waals surface area (Å²) >= 11 is 0. The highest BCUT2D eigenvalue weighted by Crippen LogP contribution is 1.92. The molecule has 6 heteroatoms. The van der Waals surface area contributed by atoms with Crippen molar-refractivity contribution in [2.75, 3.05) is 0 Å². The summed E-state index contributed by atoms with van der Waals surface area (Å²) in [4.78, 5) is 20.7. The van der Waals surface area contributed by atoms with E-state index < -0.39 is 24.1 Å². The van der Waals surface area contributed by atoms with Crippen LogP contribution in [0.1, 0.15) is 13.3 Å². The van der Waals surface area contributed by atoms with Gasteiger partial charge in [-0.15, -0.1) is 0 Å². The first kappa shape index (κ1) is 10.9. The number of hydrogen-bond donors (Lipinski definition) is 4. The van der Waals surface area contributed by atoms with E-state index in [0.29, 0.717) is 0 Å². The molecule has 0 aliphatic rings. The summed E-state index contributed by atoms with van der Waals surface area (Å²) in [5.74, 6) is -1.94. The molecule has 0 aliphatic heterocycles. The van der Waals surface area contributed by atoms with E-state index in [1.807, 2.05) is 0 Å². The lowest BCUT2D eigenvalue weighted by atomic mass is 10.2. The predicted octanol–water partition coefficient (Wildman–Crippen LogP) is -1.76. The summed E-state index contributed by atoms with van der Waals surface area (Å²) in [5.41, 5.74) is 4.78. The highest BCUT2D eigenvalue weighted by atomic mass is 16.4. The summed E-state index contributed by atoms with van der Waals surface area (Å²) in [6, 6.07) is -1.12. The van der Waals surface area contributed by atoms with Crippen molar-refractivity contribution < 1.29 is 19.8 Å². The van der Waals surface area contributed by atoms with Crippen molar-refractivity contribution in [3.8, 4) is 0 Å². The summed E-state index contributed by atoms with van der Waals surface area (Å²) in [7, 11) is 0. The van der Waals surface area contributed by atoms with E-state index in [0.717, 1.165) is 0 Å². The molecule has 0 saturated heterocycles. The summed E-state index contributed by atoms with van der Waals surface area (Å²) in [5, 5.41) is 19.5. The third-order valence-electron chi connectivity index (χ3n) is 1.15. The predicted molar refractivity (Wildman–Crippen MR) is 40.1 cm³/mol. The smallest absolute Gasteiger partial charge is 0.321 e. The van der Waals surface area contributed by atoms with E-state index in [2.05, 4.69) is 5.32 Å². The monoisotopic (exact) mass is 176 g/mol. The third kappa shape index (κ3) is 4.64. The fraction of sp³-hybridized carbons (Fsp3) is 0.667. The zero-order valence-electron chi connectivity index (χ0n) is 6.65. The van der Waals surface area contributed by atoms with Crippen LogP contribution in [0.25, 0.3) is 0 Å². The lowest BCUT2D eigenvalue weighted by Crippen LogP contribution is -2.44. The molecule has 0 bridgehead atoms. The number of carboxylic acid groups (broad SMARTS) is 1. The summed E-state index contributed by atoms with van der Waals surface area (Å²) < 4.78 is 0. The van der Waals surface area contributed by atoms with Crippen LogP contribution in [0.3, 0.4) is 0 Å². The Kier molecular flexibility index (Phi) is 4.24. The Bertz CT molecular complexity index is 180. The fourth-order valence-electron chi connectivity index (χ4n) is 0.710. The van der Waals surface area contributed by atoms with Gasteiger partial charge in [-0.05, 0) is 6.92 Å². The average molecular weight is 176 g/mol. The number of primary amides is 1. The SMILES string of the molecule is CC(O)NC(CC(N)=O)C(=O)O. The quantitative estimate of drug-likeness (QED) is 0.371. The van der Waals surface area contributed by atoms with Crippen LogP contribution in [0, 0.1) is 0 Å². The molecule has 6 nitrogen and oxygen atoms in total. The number of carboxylic acids is 1. The molecule has 2 atom stereocenters. The van der Waals surface area contributed by atoms with E-state index in [1.54, 1.807) is 0 Å². The first-order chi connectivity index (χ1) is 5.43. The lowest BCUT2D eigenvalue weighted by Gasteiger charge is -2.14. The van der Waals surface area contributed by atoms with Crippen LogP contribution in [-0.2, 0) is 9.59 Å². The number of hydrogen-bond acceptors (Lipinski definition) is 4. The number of carbonyl (C=O) groups is 2. The molecule has 0 aliphatic carbocycles. The van der Waals surface area contributed by atoms with Gasteiger partial charge in [0.15, 0.2) is 0 Å². The zero-order valence-corrected chi connectivity index (χ0v) is 6.65. The molecule has 5 N–H and O–H groups in total. The highest BCUT2D eigenvalue weighted by molar-refractivity contribution is 5.83. The molecule has 1 amide bonds. The third-order valence-corrected chi connectivity index (χ3v) is 1.15. The minimum Gasteiger partial charge on any atom is -0.480 e. The summed E-state index contributed by atoms with van der Waals surface area (Å²) in [6.45, 7) is 1.36. The maximum atomic E-state index is 10.4. The van der Waals surface area contributed by atoms with Gasteiger partial charge in [0, 0.05) is 0 Å². The average Bonchev–Trinajstić information content (AvgIpc) is 1.83. The highest BCUT2D eigenvalue weighted by Gasteiger charge is 2.20. The van der Waals surface area contributed by atoms with Gasteiger partial charge in [-0.25, -0.2) is 0 Å². The van der Waals surface area contributed by atoms with E-state index in [-0.39, 0.29) is 6.42 Å². The molecule has 12 heavy (non-hydrogen) atoms. The van der Waals surface area contributed by atoms with Crippen LogP contribution in [-0.4, -0.2) is 34.4 Å². The maximum absolute atomic E-state index is 10.4. The van der Waals surface area contributed by atoms with Gasteiger partial charge in [0.2, 0.25) is 5.91 Å². The van der Waals surface area contributed by atoms with Crippen molar-refractivity contribution in [2.24, 2.45) is 5.73 Å². The second-order valence-corrected chi connectivity index (χ2v) is 2.40. The number of aliphatic hydroxyl groups excluding tert-OH is 1. The molecule has 0 heterocycles. The normalized spacial score (nSPS) is 15.2. The van der Waals surface area contributed by atoms with Crippen molar-refractivity contribution >= 4 is 11.9 Å². The minimum absolute atomic E-state index is 0.333. The number of carbonyl (C=O) groups excluding carboxylic acids is 1. The maximum Gasteiger partial charge on any atom is 0.321 e. The Labute approximate surface area is 69.4 Å². The molecule has 0 aromatic rings. The molecular formula is C6H12N2O4. The minimum atomic E-state index is -1.21. The number of aliphatic hydroxyl groups is 1. The van der Waals surface area contributed by atoms with Gasteiger partial charge in [0.25, 0.3) is 0 Å². The van der Waals surface area contributed by atoms with E-state index >= 15 is 0 Å². The lowest BCUT2D eigenvalue weighted by molar-refractivity contribution is -0.142. The first-order valence-electron chi connectivity index (χ1n) is 3.38. The first-order valence-corrected chi connectivity index (χ1v) is 3.38. The number of aliphatic carboxylic acids is 1. The van der Waals surface area contributed by atoms with Crippen LogP contribution < -0.4 is 11.1 Å². The van der Waals surface area contributed by atoms with Gasteiger partial charge in [0.05, 0.1) is 6.42 Å². The molecule has 0 aromatic carbocycles. The number of amides is 1. The van der Waals surface area contributed by atoms with Crippen LogP contribution in [0.15, 0.2) is 0 Å². The molecule has 0 spiro atoms. The van der Waals surface area contributed by atoms with Crippen molar-refractivity contribution in [3.05, 3.63) is 0 Å². The van der Waals surface area contributed by atoms with Gasteiger partial charge in [0.1, 0.15) is 12.3 Å². The number of rotatable bonds is 5. The van der Waals surface area contributed by atoms with Crippen molar-refractivity contribution in [3.63, 3.8) is 0 Å². The van der Waals surface area contributed by atoms with Gasteiger partial charge in [-0.2, -0.15) is 0 Å². The van der Waals surface area contributed by atoms with Gasteiger partial charge < -0.3 is 15.9 Å². The summed E-state index contributed by atoms with van der Waals surface area (Å²) in [6.07, 6.45) is -1.31. The van der Waals surface area contributed by atoms with Crippen LogP contribution in [0.5, 0.6) is 0 Å². The number of nitrogens with two attached hydrogens (primary N) is 1. The Morgan fingerprint density at radius 3 is 2.33 bits per heavy atom. The van der Waals surface area contributed by atoms with E-state index in [9.17, 15) is 9.59 Å². The van der Waals surface area contributed by atoms with Crippen LogP contribution in [0.4, 0.5) is 0 Å². The molecule has 0 rings (SSSR count). The molecule has 0 saturated carbocycles. The molecule has 70 valence electrons. The zero-order chi connectivity index (χ0) is 9.72. The molecular weight excluding hydrogens is 164 g/mol. The Hall–Kier alpha value is -1.14. The molecule has 0 aromatic heterocycles. The van der Waals surface area contributed by atoms with Gasteiger partial charge in [-0.3, -0.25) is 14.9 Å². The Balaban J connectivity index is 4.04. The van der Waals surface area contributed by atoms with E-state index in [1.165, 1.54) is 6.92 Å². The standard InChI is InChI=1S/C6H12N2O4/c1-3(9)8-4(6(11)12)2-5(7)10/h3-4,8-9H,2H2,1H3,(H2,7,10)(H,11,12). The second kappa shape index (κ2) is 4.68. The molecule has 2 unspecified atom stereocenters. The van der Waals surface area contributed by atoms with Crippen molar-refractivity contribution in [2.45, 2.75) is 25.6 Å². The Morgan fingerprint density at radius 2 is 2.08 bits per heavy atom. The van der Waals surface area contributed by atoms with Crippen LogP contribution in [0.2, 0.25) is 0 Å². The van der Waals surface area contributed by atoms with Crippen molar-refractivity contribution in [1.29, 1.82) is 0 Å². The van der Waals surface area contributed by atoms with E-state index in [4.69, 9.17) is 15.9 Å². The van der Waals surface area contributed by atoms with Crippen molar-refractivity contribution in [1.82, 2.24) is 5.32 Å². The largest absolute Gasteiger partial charge is 0.480 e. The second-order valence-electron chi connectivity index (χ2n) is 2.40. The van der Waals surface area contributed by atoms with Gasteiger partial charge >= 0.3 is 5.97 Å². The molecule has 0 fully saturated rings. The van der Waals surface area contributed by atoms with Gasteiger partial charge in [-0.1, -0.05) is 0 Å².